The number of H-pyrrole nitrogens is 1. The zero-order chi connectivity index (χ0) is 16.8. The molecule has 1 aromatic heterocycles. The Hall–Kier alpha value is -3.29. The lowest BCUT2D eigenvalue weighted by Gasteiger charge is -2.04. The molecule has 2 aromatic rings. The molecule has 0 aliphatic carbocycles. The summed E-state index contributed by atoms with van der Waals surface area (Å²) in [5, 5.41) is 13.7. The molecular weight excluding hydrogens is 302 g/mol. The largest absolute Gasteiger partial charge is 0.492 e. The fraction of sp³-hybridized carbons (Fsp3) is 0.133. The number of nitrogens with zero attached hydrogens (tertiary/aromatic N) is 2. The Morgan fingerprint density at radius 3 is 2.74 bits per heavy atom. The quantitative estimate of drug-likeness (QED) is 0.274. The van der Waals surface area contributed by atoms with Crippen molar-refractivity contribution in [2.45, 2.75) is 0 Å². The Morgan fingerprint density at radius 2 is 2.13 bits per heavy atom. The Balaban J connectivity index is 2.28. The standard InChI is InChI=1S/C15H15N3O5/c1-3-8-23-16-9-10-4-6-11(7-5-10)18-13(19)12(14(20)22-2)17-15(18)21/h3-7,9,19H,1,8H2,2H3,(H,17,21). The Labute approximate surface area is 131 Å². The molecular formula is C15H15N3O5. The molecule has 0 spiro atoms. The molecule has 0 bridgehead atoms. The second kappa shape index (κ2) is 7.12. The fourth-order valence-electron chi connectivity index (χ4n) is 1.81. The van der Waals surface area contributed by atoms with Crippen molar-refractivity contribution >= 4 is 12.2 Å². The number of hydrogen-bond acceptors (Lipinski definition) is 6. The molecule has 120 valence electrons. The predicted molar refractivity (Wildman–Crippen MR) is 83.1 cm³/mol. The highest BCUT2D eigenvalue weighted by Gasteiger charge is 2.20. The Morgan fingerprint density at radius 1 is 1.43 bits per heavy atom. The normalized spacial score (nSPS) is 10.7. The number of aromatic nitrogens is 2. The second-order valence-corrected chi connectivity index (χ2v) is 4.37. The van der Waals surface area contributed by atoms with Crippen LogP contribution in [0.4, 0.5) is 0 Å². The van der Waals surface area contributed by atoms with Crippen LogP contribution in [0.1, 0.15) is 16.1 Å². The first kappa shape index (κ1) is 16.1. The number of aromatic amines is 1. The zero-order valence-electron chi connectivity index (χ0n) is 12.4. The van der Waals surface area contributed by atoms with E-state index in [1.165, 1.54) is 6.21 Å². The number of imidazole rings is 1. The number of methoxy groups -OCH3 is 1. The number of esters is 1. The second-order valence-electron chi connectivity index (χ2n) is 4.37. The summed E-state index contributed by atoms with van der Waals surface area (Å²) in [6, 6.07) is 6.52. The molecule has 0 saturated heterocycles. The maximum atomic E-state index is 11.9. The van der Waals surface area contributed by atoms with E-state index in [-0.39, 0.29) is 5.69 Å². The molecule has 0 aliphatic heterocycles. The average Bonchev–Trinajstić information content (AvgIpc) is 2.86. The van der Waals surface area contributed by atoms with Crippen molar-refractivity contribution in [2.24, 2.45) is 5.16 Å². The molecule has 2 rings (SSSR count). The van der Waals surface area contributed by atoms with Crippen molar-refractivity contribution < 1.29 is 19.5 Å². The highest BCUT2D eigenvalue weighted by molar-refractivity contribution is 5.89. The summed E-state index contributed by atoms with van der Waals surface area (Å²) in [7, 11) is 1.15. The molecule has 8 heteroatoms. The lowest BCUT2D eigenvalue weighted by Crippen LogP contribution is -2.14. The smallest absolute Gasteiger partial charge is 0.360 e. The number of oxime groups is 1. The van der Waals surface area contributed by atoms with Gasteiger partial charge < -0.3 is 14.7 Å². The Bertz CT molecular complexity index is 786. The van der Waals surface area contributed by atoms with Gasteiger partial charge in [-0.15, -0.1) is 0 Å². The van der Waals surface area contributed by atoms with Crippen LogP contribution in [0.5, 0.6) is 5.88 Å². The molecule has 0 amide bonds. The summed E-state index contributed by atoms with van der Waals surface area (Å²) < 4.78 is 5.44. The van der Waals surface area contributed by atoms with Crippen LogP contribution in [0.15, 0.2) is 46.9 Å². The van der Waals surface area contributed by atoms with Crippen molar-refractivity contribution in [2.75, 3.05) is 13.7 Å². The average molecular weight is 317 g/mol. The van der Waals surface area contributed by atoms with Gasteiger partial charge in [0, 0.05) is 0 Å². The molecule has 0 unspecified atom stereocenters. The van der Waals surface area contributed by atoms with E-state index in [0.717, 1.165) is 17.2 Å². The summed E-state index contributed by atoms with van der Waals surface area (Å²) >= 11 is 0. The number of ether oxygens (including phenoxy) is 1. The third kappa shape index (κ3) is 3.49. The van der Waals surface area contributed by atoms with Crippen LogP contribution in [-0.2, 0) is 9.57 Å². The molecule has 0 saturated carbocycles. The van der Waals surface area contributed by atoms with Gasteiger partial charge in [-0.3, -0.25) is 4.98 Å². The van der Waals surface area contributed by atoms with E-state index in [1.54, 1.807) is 30.3 Å². The molecule has 0 radical (unpaired) electrons. The van der Waals surface area contributed by atoms with Crippen LogP contribution in [0.25, 0.3) is 5.69 Å². The van der Waals surface area contributed by atoms with E-state index in [2.05, 4.69) is 21.5 Å². The van der Waals surface area contributed by atoms with E-state index < -0.39 is 17.5 Å². The van der Waals surface area contributed by atoms with Crippen LogP contribution in [0, 0.1) is 0 Å². The fourth-order valence-corrected chi connectivity index (χ4v) is 1.81. The minimum absolute atomic E-state index is 0.303. The summed E-state index contributed by atoms with van der Waals surface area (Å²) in [6.45, 7) is 3.80. The first-order valence-electron chi connectivity index (χ1n) is 6.57. The predicted octanol–water partition coefficient (Wildman–Crippen LogP) is 1.19. The Kier molecular flexibility index (Phi) is 4.98. The maximum absolute atomic E-state index is 11.9. The SMILES string of the molecule is C=CCON=Cc1ccc(-n2c(O)c(C(=O)OC)[nH]c2=O)cc1. The van der Waals surface area contributed by atoms with Gasteiger partial charge in [-0.2, -0.15) is 0 Å². The van der Waals surface area contributed by atoms with Crippen LogP contribution >= 0.6 is 0 Å². The van der Waals surface area contributed by atoms with Crippen molar-refractivity contribution in [1.82, 2.24) is 9.55 Å². The maximum Gasteiger partial charge on any atom is 0.360 e. The highest BCUT2D eigenvalue weighted by atomic mass is 16.6. The number of carbonyl (C=O) groups excluding carboxylic acids is 1. The van der Waals surface area contributed by atoms with E-state index in [4.69, 9.17) is 4.84 Å². The van der Waals surface area contributed by atoms with Crippen molar-refractivity contribution in [1.29, 1.82) is 0 Å². The van der Waals surface area contributed by atoms with Crippen LogP contribution < -0.4 is 5.69 Å². The number of hydrogen-bond donors (Lipinski definition) is 2. The van der Waals surface area contributed by atoms with Gasteiger partial charge in [-0.1, -0.05) is 29.9 Å². The summed E-state index contributed by atoms with van der Waals surface area (Å²) in [5.74, 6) is -1.35. The molecule has 0 fully saturated rings. The molecule has 1 aromatic carbocycles. The van der Waals surface area contributed by atoms with Crippen LogP contribution in [-0.4, -0.2) is 40.6 Å². The van der Waals surface area contributed by atoms with Crippen LogP contribution in [0.3, 0.4) is 0 Å². The highest BCUT2D eigenvalue weighted by Crippen LogP contribution is 2.19. The van der Waals surface area contributed by atoms with Gasteiger partial charge >= 0.3 is 11.7 Å². The summed E-state index contributed by atoms with van der Waals surface area (Å²) in [6.07, 6.45) is 3.06. The van der Waals surface area contributed by atoms with Gasteiger partial charge in [0.15, 0.2) is 5.69 Å². The molecule has 23 heavy (non-hydrogen) atoms. The van der Waals surface area contributed by atoms with E-state index >= 15 is 0 Å². The number of nitrogens with one attached hydrogen (secondary N) is 1. The van der Waals surface area contributed by atoms with E-state index in [0.29, 0.717) is 12.3 Å². The van der Waals surface area contributed by atoms with Crippen molar-refractivity contribution in [3.63, 3.8) is 0 Å². The third-order valence-corrected chi connectivity index (χ3v) is 2.88. The number of benzene rings is 1. The van der Waals surface area contributed by atoms with Gasteiger partial charge in [0.1, 0.15) is 6.61 Å². The third-order valence-electron chi connectivity index (χ3n) is 2.88. The molecule has 0 atom stereocenters. The van der Waals surface area contributed by atoms with Gasteiger partial charge in [0.2, 0.25) is 5.88 Å². The van der Waals surface area contributed by atoms with Gasteiger partial charge in [0.25, 0.3) is 0 Å². The van der Waals surface area contributed by atoms with Crippen LogP contribution in [0.2, 0.25) is 0 Å². The number of aromatic hydroxyl groups is 1. The number of carbonyl (C=O) groups is 1. The van der Waals surface area contributed by atoms with Crippen molar-refractivity contribution in [3.05, 3.63) is 58.7 Å². The minimum atomic E-state index is -0.832. The molecule has 8 nitrogen and oxygen atoms in total. The van der Waals surface area contributed by atoms with Gasteiger partial charge in [-0.25, -0.2) is 14.2 Å². The first-order valence-corrected chi connectivity index (χ1v) is 6.57. The molecule has 2 N–H and O–H groups in total. The number of rotatable bonds is 6. The van der Waals surface area contributed by atoms with E-state index in [1.807, 2.05) is 0 Å². The monoisotopic (exact) mass is 317 g/mol. The topological polar surface area (TPSA) is 106 Å². The zero-order valence-corrected chi connectivity index (χ0v) is 12.4. The van der Waals surface area contributed by atoms with Gasteiger partial charge in [0.05, 0.1) is 19.0 Å². The summed E-state index contributed by atoms with van der Waals surface area (Å²) in [4.78, 5) is 30.5. The minimum Gasteiger partial charge on any atom is -0.492 e. The lowest BCUT2D eigenvalue weighted by atomic mass is 10.2. The van der Waals surface area contributed by atoms with Gasteiger partial charge in [-0.05, 0) is 17.7 Å². The van der Waals surface area contributed by atoms with Crippen molar-refractivity contribution in [3.8, 4) is 11.6 Å². The molecule has 0 aliphatic rings. The lowest BCUT2D eigenvalue weighted by molar-refractivity contribution is 0.0590. The summed E-state index contributed by atoms with van der Waals surface area (Å²) in [5.41, 5.74) is 0.150. The first-order chi connectivity index (χ1) is 11.1. The van der Waals surface area contributed by atoms with E-state index in [9.17, 15) is 14.7 Å². The molecule has 1 heterocycles.